The average Bonchev–Trinajstić information content (AvgIpc) is 3.23. The molecule has 4 rings (SSSR count). The fourth-order valence-electron chi connectivity index (χ4n) is 4.58. The molecule has 0 aromatic carbocycles. The Morgan fingerprint density at radius 1 is 1.15 bits per heavy atom. The van der Waals surface area contributed by atoms with Crippen molar-refractivity contribution in [3.05, 3.63) is 64.6 Å². The maximum atomic E-state index is 13.2. The zero-order chi connectivity index (χ0) is 23.5. The molecule has 0 saturated heterocycles. The normalized spacial score (nSPS) is 18.4. The first-order chi connectivity index (χ1) is 15.8. The van der Waals surface area contributed by atoms with E-state index >= 15 is 0 Å². The van der Waals surface area contributed by atoms with E-state index in [1.807, 2.05) is 42.3 Å². The van der Waals surface area contributed by atoms with E-state index in [2.05, 4.69) is 29.2 Å². The summed E-state index contributed by atoms with van der Waals surface area (Å²) in [5.74, 6) is 0.257. The number of nitrogens with two attached hydrogens (primary N) is 1. The van der Waals surface area contributed by atoms with Crippen LogP contribution in [0.3, 0.4) is 0 Å². The molecular formula is C25H32N6O2. The van der Waals surface area contributed by atoms with E-state index < -0.39 is 5.91 Å². The Bertz CT molecular complexity index is 1170. The van der Waals surface area contributed by atoms with Crippen LogP contribution in [0.1, 0.15) is 61.5 Å². The van der Waals surface area contributed by atoms with Gasteiger partial charge in [0.15, 0.2) is 0 Å². The highest BCUT2D eigenvalue weighted by Gasteiger charge is 2.24. The van der Waals surface area contributed by atoms with Crippen LogP contribution in [0, 0.1) is 5.92 Å². The molecule has 0 spiro atoms. The lowest BCUT2D eigenvalue weighted by Crippen LogP contribution is -2.31. The van der Waals surface area contributed by atoms with E-state index in [1.165, 1.54) is 0 Å². The number of hydrogen-bond acceptors (Lipinski definition) is 5. The highest BCUT2D eigenvalue weighted by molar-refractivity contribution is 5.90. The Kier molecular flexibility index (Phi) is 6.62. The highest BCUT2D eigenvalue weighted by atomic mass is 16.1. The number of hydrogen-bond donors (Lipinski definition) is 2. The maximum Gasteiger partial charge on any atom is 0.273 e. The topological polar surface area (TPSA) is 108 Å². The third kappa shape index (κ3) is 5.32. The van der Waals surface area contributed by atoms with E-state index in [-0.39, 0.29) is 11.6 Å². The summed E-state index contributed by atoms with van der Waals surface area (Å²) in [5, 5.41) is 7.82. The van der Waals surface area contributed by atoms with Crippen molar-refractivity contribution in [3.8, 4) is 11.1 Å². The molecule has 0 atom stereocenters. The quantitative estimate of drug-likeness (QED) is 0.575. The zero-order valence-corrected chi connectivity index (χ0v) is 19.5. The van der Waals surface area contributed by atoms with E-state index in [0.717, 1.165) is 42.4 Å². The van der Waals surface area contributed by atoms with E-state index in [4.69, 9.17) is 5.73 Å². The number of primary amides is 1. The molecule has 8 heteroatoms. The van der Waals surface area contributed by atoms with Crippen molar-refractivity contribution >= 4 is 11.6 Å². The fraction of sp³-hybridized carbons (Fsp3) is 0.440. The number of aryl methyl sites for hydroxylation is 1. The lowest BCUT2D eigenvalue weighted by atomic mass is 9.82. The van der Waals surface area contributed by atoms with Crippen molar-refractivity contribution in [2.24, 2.45) is 18.7 Å². The Balaban J connectivity index is 1.49. The molecule has 0 radical (unpaired) electrons. The average molecular weight is 449 g/mol. The second kappa shape index (κ2) is 9.60. The monoisotopic (exact) mass is 448 g/mol. The molecule has 0 bridgehead atoms. The second-order valence-corrected chi connectivity index (χ2v) is 9.43. The number of amides is 1. The molecule has 8 nitrogen and oxygen atoms in total. The second-order valence-electron chi connectivity index (χ2n) is 9.43. The van der Waals surface area contributed by atoms with Gasteiger partial charge in [0.25, 0.3) is 11.5 Å². The predicted octanol–water partition coefficient (Wildman–Crippen LogP) is 3.54. The third-order valence-electron chi connectivity index (χ3n) is 6.28. The standard InChI is InChI=1S/C25H32N6O2/c1-16(2)13-31-15-19(20-12-28-30(3)14-20)10-23(25(31)33)29-21-7-4-17(5-8-21)18-6-9-22(24(26)32)27-11-18/h6,9-12,14-17,21,29H,4-5,7-8,13H2,1-3H3,(H2,26,32)/t17-,21-. The minimum Gasteiger partial charge on any atom is -0.378 e. The van der Waals surface area contributed by atoms with Gasteiger partial charge in [-0.05, 0) is 55.2 Å². The smallest absolute Gasteiger partial charge is 0.273 e. The maximum absolute atomic E-state index is 13.2. The molecule has 1 saturated carbocycles. The van der Waals surface area contributed by atoms with Gasteiger partial charge in [0.05, 0.1) is 6.20 Å². The summed E-state index contributed by atoms with van der Waals surface area (Å²) in [4.78, 5) is 28.6. The molecule has 3 aromatic rings. The Labute approximate surface area is 193 Å². The van der Waals surface area contributed by atoms with Crippen molar-refractivity contribution in [2.75, 3.05) is 5.32 Å². The molecule has 1 aliphatic rings. The van der Waals surface area contributed by atoms with Gasteiger partial charge >= 0.3 is 0 Å². The number of nitrogens with one attached hydrogen (secondary N) is 1. The van der Waals surface area contributed by atoms with Gasteiger partial charge < -0.3 is 15.6 Å². The number of rotatable bonds is 7. The first-order valence-corrected chi connectivity index (χ1v) is 11.6. The van der Waals surface area contributed by atoms with Gasteiger partial charge in [0.2, 0.25) is 0 Å². The molecule has 3 aromatic heterocycles. The molecule has 1 fully saturated rings. The van der Waals surface area contributed by atoms with E-state index in [0.29, 0.717) is 29.8 Å². The van der Waals surface area contributed by atoms with Crippen LogP contribution in [-0.2, 0) is 13.6 Å². The van der Waals surface area contributed by atoms with Crippen LogP contribution in [0.15, 0.2) is 47.8 Å². The van der Waals surface area contributed by atoms with Crippen LogP contribution < -0.4 is 16.6 Å². The molecule has 33 heavy (non-hydrogen) atoms. The summed E-state index contributed by atoms with van der Waals surface area (Å²) in [6, 6.07) is 5.84. The minimum atomic E-state index is -0.508. The van der Waals surface area contributed by atoms with Crippen molar-refractivity contribution in [1.82, 2.24) is 19.3 Å². The lowest BCUT2D eigenvalue weighted by Gasteiger charge is -2.30. The van der Waals surface area contributed by atoms with Crippen molar-refractivity contribution in [2.45, 2.75) is 58.0 Å². The van der Waals surface area contributed by atoms with Crippen LogP contribution in [0.5, 0.6) is 0 Å². The molecule has 0 aliphatic heterocycles. The Morgan fingerprint density at radius 2 is 1.91 bits per heavy atom. The SMILES string of the molecule is CC(C)Cn1cc(-c2cnn(C)c2)cc(N[C@H]2CC[C@H](c3ccc(C(N)=O)nc3)CC2)c1=O. The first-order valence-electron chi connectivity index (χ1n) is 11.6. The van der Waals surface area contributed by atoms with Gasteiger partial charge in [-0.25, -0.2) is 0 Å². The third-order valence-corrected chi connectivity index (χ3v) is 6.28. The van der Waals surface area contributed by atoms with Crippen molar-refractivity contribution < 1.29 is 4.79 Å². The van der Waals surface area contributed by atoms with Crippen molar-refractivity contribution in [1.29, 1.82) is 0 Å². The van der Waals surface area contributed by atoms with Gasteiger partial charge in [-0.3, -0.25) is 19.3 Å². The van der Waals surface area contributed by atoms with Gasteiger partial charge in [-0.15, -0.1) is 0 Å². The van der Waals surface area contributed by atoms with E-state index in [1.54, 1.807) is 16.9 Å². The lowest BCUT2D eigenvalue weighted by molar-refractivity contribution is 0.0995. The highest BCUT2D eigenvalue weighted by Crippen LogP contribution is 2.34. The van der Waals surface area contributed by atoms with Crippen LogP contribution in [0.2, 0.25) is 0 Å². The number of nitrogens with zero attached hydrogens (tertiary/aromatic N) is 4. The molecule has 3 heterocycles. The Hall–Kier alpha value is -3.42. The minimum absolute atomic E-state index is 0.0182. The number of anilines is 1. The van der Waals surface area contributed by atoms with Crippen LogP contribution in [-0.4, -0.2) is 31.3 Å². The van der Waals surface area contributed by atoms with Gasteiger partial charge in [0.1, 0.15) is 11.4 Å². The number of aromatic nitrogens is 4. The largest absolute Gasteiger partial charge is 0.378 e. The first kappa shape index (κ1) is 22.8. The summed E-state index contributed by atoms with van der Waals surface area (Å²) >= 11 is 0. The molecule has 1 aliphatic carbocycles. The number of pyridine rings is 2. The fourth-order valence-corrected chi connectivity index (χ4v) is 4.58. The number of carbonyl (C=O) groups excluding carboxylic acids is 1. The Morgan fingerprint density at radius 3 is 2.48 bits per heavy atom. The summed E-state index contributed by atoms with van der Waals surface area (Å²) in [6.45, 7) is 4.90. The summed E-state index contributed by atoms with van der Waals surface area (Å²) in [7, 11) is 1.89. The van der Waals surface area contributed by atoms with Crippen LogP contribution >= 0.6 is 0 Å². The molecule has 3 N–H and O–H groups in total. The molecule has 174 valence electrons. The van der Waals surface area contributed by atoms with Crippen molar-refractivity contribution in [3.63, 3.8) is 0 Å². The van der Waals surface area contributed by atoms with Gasteiger partial charge in [-0.1, -0.05) is 19.9 Å². The van der Waals surface area contributed by atoms with Crippen LogP contribution in [0.4, 0.5) is 5.69 Å². The summed E-state index contributed by atoms with van der Waals surface area (Å²) in [5.41, 5.74) is 9.36. The van der Waals surface area contributed by atoms with Crippen LogP contribution in [0.25, 0.3) is 11.1 Å². The van der Waals surface area contributed by atoms with Gasteiger partial charge in [0, 0.05) is 49.4 Å². The summed E-state index contributed by atoms with van der Waals surface area (Å²) in [6.07, 6.45) is 11.4. The predicted molar refractivity (Wildman–Crippen MR) is 129 cm³/mol. The zero-order valence-electron chi connectivity index (χ0n) is 19.5. The number of carbonyl (C=O) groups is 1. The molecule has 0 unspecified atom stereocenters. The van der Waals surface area contributed by atoms with Gasteiger partial charge in [-0.2, -0.15) is 5.10 Å². The van der Waals surface area contributed by atoms with E-state index in [9.17, 15) is 9.59 Å². The molecule has 1 amide bonds. The molecular weight excluding hydrogens is 416 g/mol. The summed E-state index contributed by atoms with van der Waals surface area (Å²) < 4.78 is 3.58.